The minimum absolute atomic E-state index is 0.201. The van der Waals surface area contributed by atoms with E-state index in [4.69, 9.17) is 11.6 Å². The van der Waals surface area contributed by atoms with Crippen molar-refractivity contribution < 1.29 is 4.79 Å². The van der Waals surface area contributed by atoms with Gasteiger partial charge in [-0.2, -0.15) is 5.10 Å². The minimum Gasteiger partial charge on any atom is -0.309 e. The summed E-state index contributed by atoms with van der Waals surface area (Å²) in [6.45, 7) is 2.65. The van der Waals surface area contributed by atoms with Crippen molar-refractivity contribution in [1.29, 1.82) is 0 Å². The van der Waals surface area contributed by atoms with Crippen LogP contribution in [0.15, 0.2) is 0 Å². The Balaban J connectivity index is 2.63. The molecule has 90 valence electrons. The topological polar surface area (TPSA) is 38.1 Å². The van der Waals surface area contributed by atoms with Crippen molar-refractivity contribution in [3.63, 3.8) is 0 Å². The van der Waals surface area contributed by atoms with Crippen LogP contribution >= 0.6 is 11.6 Å². The van der Waals surface area contributed by atoms with Crippen LogP contribution in [0.1, 0.15) is 17.7 Å². The van der Waals surface area contributed by atoms with E-state index in [9.17, 15) is 4.79 Å². The maximum atomic E-state index is 11.7. The fraction of sp³-hybridized carbons (Fsp3) is 0.636. The first-order chi connectivity index (χ1) is 7.41. The molecule has 1 aromatic heterocycles. The molecule has 0 spiro atoms. The second kappa shape index (κ2) is 5.46. The maximum Gasteiger partial charge on any atom is 0.138 e. The zero-order valence-corrected chi connectivity index (χ0v) is 11.0. The van der Waals surface area contributed by atoms with E-state index in [2.05, 4.69) is 5.10 Å². The van der Waals surface area contributed by atoms with Gasteiger partial charge in [-0.1, -0.05) is 11.6 Å². The molecule has 1 rings (SSSR count). The molecule has 0 aliphatic heterocycles. The lowest BCUT2D eigenvalue weighted by Gasteiger charge is -2.08. The van der Waals surface area contributed by atoms with E-state index >= 15 is 0 Å². The number of carbonyl (C=O) groups excluding carboxylic acids is 1. The van der Waals surface area contributed by atoms with Crippen LogP contribution < -0.4 is 0 Å². The fourth-order valence-corrected chi connectivity index (χ4v) is 1.75. The number of Topliss-reactive ketones (excluding diaryl/α,β-unsaturated/α-hetero) is 1. The highest BCUT2D eigenvalue weighted by molar-refractivity contribution is 6.30. The summed E-state index contributed by atoms with van der Waals surface area (Å²) >= 11 is 6.06. The van der Waals surface area contributed by atoms with Crippen LogP contribution in [-0.2, 0) is 18.3 Å². The van der Waals surface area contributed by atoms with E-state index in [0.717, 1.165) is 17.8 Å². The van der Waals surface area contributed by atoms with Crippen LogP contribution in [0.3, 0.4) is 0 Å². The van der Waals surface area contributed by atoms with E-state index in [1.807, 2.05) is 25.9 Å². The van der Waals surface area contributed by atoms with Crippen molar-refractivity contribution in [2.24, 2.45) is 7.05 Å². The van der Waals surface area contributed by atoms with E-state index in [1.54, 1.807) is 11.7 Å². The average molecular weight is 244 g/mol. The highest BCUT2D eigenvalue weighted by atomic mass is 35.5. The molecule has 16 heavy (non-hydrogen) atoms. The third kappa shape index (κ3) is 3.32. The number of hydrogen-bond donors (Lipinski definition) is 0. The number of hydrogen-bond acceptors (Lipinski definition) is 3. The summed E-state index contributed by atoms with van der Waals surface area (Å²) in [5, 5.41) is 4.75. The highest BCUT2D eigenvalue weighted by Crippen LogP contribution is 2.19. The molecule has 0 aromatic carbocycles. The Kier molecular flexibility index (Phi) is 4.50. The maximum absolute atomic E-state index is 11.7. The predicted molar refractivity (Wildman–Crippen MR) is 64.8 cm³/mol. The molecule has 0 saturated heterocycles. The molecule has 4 nitrogen and oxygen atoms in total. The number of halogens is 1. The Bertz CT molecular complexity index is 385. The first kappa shape index (κ1) is 13.2. The Labute approximate surface area is 101 Å². The second-order valence-electron chi connectivity index (χ2n) is 4.25. The molecule has 0 saturated carbocycles. The van der Waals surface area contributed by atoms with Gasteiger partial charge in [0.25, 0.3) is 0 Å². The van der Waals surface area contributed by atoms with Gasteiger partial charge in [-0.15, -0.1) is 0 Å². The number of rotatable bonds is 5. The third-order valence-electron chi connectivity index (χ3n) is 2.48. The SMILES string of the molecule is Cc1nn(C)c(Cl)c1CC(=O)CCN(C)C. The summed E-state index contributed by atoms with van der Waals surface area (Å²) in [7, 11) is 5.69. The molecular formula is C11H18ClN3O. The zero-order chi connectivity index (χ0) is 12.3. The molecule has 0 atom stereocenters. The zero-order valence-electron chi connectivity index (χ0n) is 10.2. The standard InChI is InChI=1S/C11H18ClN3O/c1-8-10(11(12)15(4)13-8)7-9(16)5-6-14(2)3/h5-7H2,1-4H3. The Morgan fingerprint density at radius 1 is 1.50 bits per heavy atom. The van der Waals surface area contributed by atoms with Gasteiger partial charge >= 0.3 is 0 Å². The highest BCUT2D eigenvalue weighted by Gasteiger charge is 2.14. The van der Waals surface area contributed by atoms with E-state index in [0.29, 0.717) is 18.0 Å². The summed E-state index contributed by atoms with van der Waals surface area (Å²) in [6, 6.07) is 0. The molecule has 0 aliphatic carbocycles. The molecule has 0 fully saturated rings. The van der Waals surface area contributed by atoms with Crippen molar-refractivity contribution in [2.45, 2.75) is 19.8 Å². The van der Waals surface area contributed by atoms with Crippen molar-refractivity contribution in [1.82, 2.24) is 14.7 Å². The van der Waals surface area contributed by atoms with Gasteiger partial charge in [0.05, 0.1) is 5.69 Å². The first-order valence-electron chi connectivity index (χ1n) is 5.26. The third-order valence-corrected chi connectivity index (χ3v) is 2.95. The van der Waals surface area contributed by atoms with E-state index in [-0.39, 0.29) is 5.78 Å². The molecule has 0 unspecified atom stereocenters. The monoisotopic (exact) mass is 243 g/mol. The quantitative estimate of drug-likeness (QED) is 0.786. The van der Waals surface area contributed by atoms with Crippen LogP contribution in [0.5, 0.6) is 0 Å². The second-order valence-corrected chi connectivity index (χ2v) is 4.61. The average Bonchev–Trinajstić information content (AvgIpc) is 2.42. The molecule has 0 aliphatic rings. The van der Waals surface area contributed by atoms with Crippen LogP contribution in [0, 0.1) is 6.92 Å². The van der Waals surface area contributed by atoms with Crippen LogP contribution in [-0.4, -0.2) is 41.1 Å². The molecule has 1 heterocycles. The lowest BCUT2D eigenvalue weighted by molar-refractivity contribution is -0.118. The molecule has 1 aromatic rings. The van der Waals surface area contributed by atoms with Gasteiger partial charge < -0.3 is 4.90 Å². The summed E-state index contributed by atoms with van der Waals surface area (Å²) < 4.78 is 1.60. The van der Waals surface area contributed by atoms with Crippen molar-refractivity contribution in [3.05, 3.63) is 16.4 Å². The van der Waals surface area contributed by atoms with Gasteiger partial charge in [0.15, 0.2) is 0 Å². The van der Waals surface area contributed by atoms with E-state index < -0.39 is 0 Å². The fourth-order valence-electron chi connectivity index (χ4n) is 1.51. The van der Waals surface area contributed by atoms with Crippen LogP contribution in [0.2, 0.25) is 5.15 Å². The number of ketones is 1. The minimum atomic E-state index is 0.201. The first-order valence-corrected chi connectivity index (χ1v) is 5.64. The van der Waals surface area contributed by atoms with Gasteiger partial charge in [0, 0.05) is 32.0 Å². The van der Waals surface area contributed by atoms with Crippen molar-refractivity contribution in [2.75, 3.05) is 20.6 Å². The molecule has 0 amide bonds. The summed E-state index contributed by atoms with van der Waals surface area (Å²) in [4.78, 5) is 13.7. The predicted octanol–water partition coefficient (Wildman–Crippen LogP) is 1.45. The van der Waals surface area contributed by atoms with Gasteiger partial charge in [0.1, 0.15) is 10.9 Å². The summed E-state index contributed by atoms with van der Waals surface area (Å²) in [5.41, 5.74) is 1.69. The molecule has 0 radical (unpaired) electrons. The van der Waals surface area contributed by atoms with Crippen LogP contribution in [0.25, 0.3) is 0 Å². The number of aryl methyl sites for hydroxylation is 2. The van der Waals surface area contributed by atoms with E-state index in [1.165, 1.54) is 0 Å². The lowest BCUT2D eigenvalue weighted by Crippen LogP contribution is -2.17. The molecular weight excluding hydrogens is 226 g/mol. The lowest BCUT2D eigenvalue weighted by atomic mass is 10.1. The largest absolute Gasteiger partial charge is 0.309 e. The normalized spacial score (nSPS) is 11.1. The van der Waals surface area contributed by atoms with Gasteiger partial charge in [-0.25, -0.2) is 0 Å². The smallest absolute Gasteiger partial charge is 0.138 e. The Morgan fingerprint density at radius 3 is 2.56 bits per heavy atom. The van der Waals surface area contributed by atoms with Gasteiger partial charge in [-0.05, 0) is 21.0 Å². The number of carbonyl (C=O) groups is 1. The summed E-state index contributed by atoms with van der Waals surface area (Å²) in [6.07, 6.45) is 0.935. The Hall–Kier alpha value is -0.870. The van der Waals surface area contributed by atoms with Crippen molar-refractivity contribution >= 4 is 17.4 Å². The van der Waals surface area contributed by atoms with Gasteiger partial charge in [0.2, 0.25) is 0 Å². The molecule has 5 heteroatoms. The number of aromatic nitrogens is 2. The van der Waals surface area contributed by atoms with Gasteiger partial charge in [-0.3, -0.25) is 9.48 Å². The molecule has 0 bridgehead atoms. The Morgan fingerprint density at radius 2 is 2.12 bits per heavy atom. The molecule has 0 N–H and O–H groups in total. The number of nitrogens with zero attached hydrogens (tertiary/aromatic N) is 3. The van der Waals surface area contributed by atoms with Crippen molar-refractivity contribution in [3.8, 4) is 0 Å². The summed E-state index contributed by atoms with van der Waals surface area (Å²) in [5.74, 6) is 0.201. The van der Waals surface area contributed by atoms with Crippen LogP contribution in [0.4, 0.5) is 0 Å².